The summed E-state index contributed by atoms with van der Waals surface area (Å²) in [6.45, 7) is 4.15. The molecular weight excluding hydrogens is 387 g/mol. The van der Waals surface area contributed by atoms with Gasteiger partial charge < -0.3 is 10.6 Å². The first-order valence-corrected chi connectivity index (χ1v) is 12.0. The quantitative estimate of drug-likeness (QED) is 0.390. The Morgan fingerprint density at radius 1 is 0.600 bits per heavy atom. The van der Waals surface area contributed by atoms with E-state index in [9.17, 15) is 0 Å². The van der Waals surface area contributed by atoms with E-state index < -0.39 is 17.0 Å². The molecule has 0 aromatic heterocycles. The number of halogens is 2. The van der Waals surface area contributed by atoms with E-state index in [2.05, 4.69) is 38.1 Å². The van der Waals surface area contributed by atoms with Gasteiger partial charge in [-0.15, -0.1) is 11.4 Å². The third-order valence-electron chi connectivity index (χ3n) is 3.45. The Balaban J connectivity index is 0.000000701. The Hall–Kier alpha value is -1.45. The molecule has 0 bridgehead atoms. The van der Waals surface area contributed by atoms with Gasteiger partial charge in [-0.1, -0.05) is 83.9 Å². The summed E-state index contributed by atoms with van der Waals surface area (Å²) in [5, 5.41) is 9.40. The van der Waals surface area contributed by atoms with Crippen LogP contribution >= 0.6 is 18.6 Å². The Bertz CT molecular complexity index is 708. The van der Waals surface area contributed by atoms with E-state index in [1.54, 1.807) is 0 Å². The van der Waals surface area contributed by atoms with Crippen molar-refractivity contribution >= 4 is 41.4 Å². The fourth-order valence-corrected chi connectivity index (χ4v) is 2.17. The predicted octanol–water partition coefficient (Wildman–Crippen LogP) is 8.35. The van der Waals surface area contributed by atoms with Crippen molar-refractivity contribution in [3.8, 4) is 0 Å². The number of nitrogens with zero attached hydrogens (tertiary/aromatic N) is 2. The summed E-state index contributed by atoms with van der Waals surface area (Å²) in [6.07, 6.45) is 0. The van der Waals surface area contributed by atoms with Crippen LogP contribution in [0.25, 0.3) is 10.6 Å². The molecule has 2 nitrogen and oxygen atoms in total. The number of hydrogen-bond acceptors (Lipinski definition) is 0. The van der Waals surface area contributed by atoms with Crippen molar-refractivity contribution in [2.24, 2.45) is 0 Å². The van der Waals surface area contributed by atoms with Gasteiger partial charge in [0.15, 0.2) is 0 Å². The monoisotopic (exact) mass is 404 g/mol. The first-order valence-electron chi connectivity index (χ1n) is 7.74. The second-order valence-corrected chi connectivity index (χ2v) is 8.03. The molecule has 128 valence electrons. The number of para-hydroxylation sites is 2. The molecule has 25 heavy (non-hydrogen) atoms. The molecule has 0 amide bonds. The van der Waals surface area contributed by atoms with Crippen molar-refractivity contribution in [2.75, 3.05) is 0 Å². The van der Waals surface area contributed by atoms with Crippen LogP contribution in [0, 0.1) is 13.8 Å². The molecule has 0 N–H and O–H groups in total. The van der Waals surface area contributed by atoms with Gasteiger partial charge in [0.05, 0.1) is 0 Å². The van der Waals surface area contributed by atoms with Crippen molar-refractivity contribution in [2.45, 2.75) is 13.8 Å². The van der Waals surface area contributed by atoms with E-state index in [1.165, 1.54) is 11.1 Å². The minimum absolute atomic E-state index is 0.556. The molecule has 0 radical (unpaired) electrons. The van der Waals surface area contributed by atoms with Crippen molar-refractivity contribution in [1.29, 1.82) is 0 Å². The van der Waals surface area contributed by atoms with Crippen molar-refractivity contribution < 1.29 is 17.0 Å². The second-order valence-electron chi connectivity index (χ2n) is 5.45. The summed E-state index contributed by atoms with van der Waals surface area (Å²) >= 11 is -0.556. The number of benzene rings is 3. The first kappa shape index (κ1) is 19.9. The zero-order chi connectivity index (χ0) is 18.1. The molecular formula is C20H18Cl2N2Ti-2. The van der Waals surface area contributed by atoms with Gasteiger partial charge in [0.1, 0.15) is 0 Å². The summed E-state index contributed by atoms with van der Waals surface area (Å²) < 4.78 is 0. The molecule has 0 fully saturated rings. The number of aryl methyl sites for hydroxylation is 2. The Labute approximate surface area is 166 Å². The van der Waals surface area contributed by atoms with Crippen molar-refractivity contribution in [1.82, 2.24) is 0 Å². The molecule has 0 atom stereocenters. The number of hydrogen-bond donors (Lipinski definition) is 0. The summed E-state index contributed by atoms with van der Waals surface area (Å²) in [5.41, 5.74) is 6.11. The van der Waals surface area contributed by atoms with E-state index in [1.807, 2.05) is 48.5 Å². The van der Waals surface area contributed by atoms with Crippen LogP contribution in [-0.4, -0.2) is 0 Å². The molecule has 0 heterocycles. The van der Waals surface area contributed by atoms with Crippen LogP contribution in [0.4, 0.5) is 22.7 Å². The average Bonchev–Trinajstić information content (AvgIpc) is 2.61. The molecule has 5 heteroatoms. The van der Waals surface area contributed by atoms with Crippen LogP contribution in [0.5, 0.6) is 0 Å². The van der Waals surface area contributed by atoms with Gasteiger partial charge in [-0.3, -0.25) is 0 Å². The fourth-order valence-electron chi connectivity index (χ4n) is 2.17. The average molecular weight is 405 g/mol. The zero-order valence-corrected chi connectivity index (χ0v) is 17.2. The molecule has 3 aromatic carbocycles. The summed E-state index contributed by atoms with van der Waals surface area (Å²) in [6, 6.07) is 24.3. The van der Waals surface area contributed by atoms with E-state index in [4.69, 9.17) is 29.2 Å². The predicted molar refractivity (Wildman–Crippen MR) is 106 cm³/mol. The standard InChI is InChI=1S/C20H18N2.2ClH.Ti/c1-15-7-11-17(12-8-15)21-19-5-3-4-6-20(19)22-18-13-9-16(2)10-14-18;;;/h3-14H,1-2H3;2*1H;/q-2;;;+2/p-2. The molecule has 0 saturated carbocycles. The van der Waals surface area contributed by atoms with E-state index in [0.717, 1.165) is 22.7 Å². The molecule has 3 aromatic rings. The van der Waals surface area contributed by atoms with Gasteiger partial charge in [0.25, 0.3) is 0 Å². The zero-order valence-electron chi connectivity index (χ0n) is 14.1. The molecule has 0 unspecified atom stereocenters. The van der Waals surface area contributed by atoms with Crippen LogP contribution in [0.15, 0.2) is 72.8 Å². The molecule has 3 rings (SSSR count). The van der Waals surface area contributed by atoms with E-state index in [0.29, 0.717) is 0 Å². The van der Waals surface area contributed by atoms with Gasteiger partial charge >= 0.3 is 35.6 Å². The van der Waals surface area contributed by atoms with Gasteiger partial charge in [-0.25, -0.2) is 0 Å². The Morgan fingerprint density at radius 3 is 1.24 bits per heavy atom. The van der Waals surface area contributed by atoms with Crippen LogP contribution in [0.3, 0.4) is 0 Å². The fraction of sp³-hybridized carbons (Fsp3) is 0.100. The number of rotatable bonds is 4. The molecule has 0 aliphatic rings. The van der Waals surface area contributed by atoms with E-state index >= 15 is 0 Å². The van der Waals surface area contributed by atoms with Crippen LogP contribution < -0.4 is 0 Å². The Kier molecular flexibility index (Phi) is 8.37. The normalized spacial score (nSPS) is 9.60. The molecule has 0 spiro atoms. The summed E-state index contributed by atoms with van der Waals surface area (Å²) in [7, 11) is 9.78. The SMILES string of the molecule is Cc1ccc([N-]c2ccccc2[N-]c2ccc(C)cc2)cc1.[Cl][Ti][Cl]. The maximum atomic E-state index is 4.89. The molecule has 0 aliphatic heterocycles. The minimum atomic E-state index is -0.556. The van der Waals surface area contributed by atoms with Gasteiger partial charge in [-0.2, -0.15) is 11.4 Å². The van der Waals surface area contributed by atoms with Gasteiger partial charge in [-0.05, 0) is 13.8 Å². The topological polar surface area (TPSA) is 28.2 Å². The third-order valence-corrected chi connectivity index (χ3v) is 3.45. The third kappa shape index (κ3) is 6.76. The van der Waals surface area contributed by atoms with Crippen LogP contribution in [0.1, 0.15) is 11.1 Å². The van der Waals surface area contributed by atoms with Crippen LogP contribution in [-0.2, 0) is 17.0 Å². The van der Waals surface area contributed by atoms with Crippen LogP contribution in [0.2, 0.25) is 0 Å². The van der Waals surface area contributed by atoms with E-state index in [-0.39, 0.29) is 0 Å². The molecule has 0 aliphatic carbocycles. The van der Waals surface area contributed by atoms with Crippen molar-refractivity contribution in [3.05, 3.63) is 94.6 Å². The summed E-state index contributed by atoms with van der Waals surface area (Å²) in [5.74, 6) is 0. The second kappa shape index (κ2) is 10.5. The maximum absolute atomic E-state index is 4.89. The van der Waals surface area contributed by atoms with Crippen molar-refractivity contribution in [3.63, 3.8) is 0 Å². The van der Waals surface area contributed by atoms with Gasteiger partial charge in [0.2, 0.25) is 0 Å². The molecule has 0 saturated heterocycles. The summed E-state index contributed by atoms with van der Waals surface area (Å²) in [4.78, 5) is 0. The van der Waals surface area contributed by atoms with Gasteiger partial charge in [0, 0.05) is 0 Å². The first-order chi connectivity index (χ1) is 12.1. The Morgan fingerprint density at radius 2 is 0.920 bits per heavy atom.